The number of ether oxygens (including phenoxy) is 1. The number of aromatic nitrogens is 1. The molecule has 1 aliphatic carbocycles. The number of fused-ring (bicyclic) bond motifs is 3. The van der Waals surface area contributed by atoms with E-state index in [0.29, 0.717) is 29.8 Å². The van der Waals surface area contributed by atoms with Crippen molar-refractivity contribution < 1.29 is 14.3 Å². The fraction of sp³-hybridized carbons (Fsp3) is 0.240. The first-order valence-electron chi connectivity index (χ1n) is 10.5. The Morgan fingerprint density at radius 3 is 2.68 bits per heavy atom. The summed E-state index contributed by atoms with van der Waals surface area (Å²) in [6.07, 6.45) is 1.99. The van der Waals surface area contributed by atoms with Crippen LogP contribution in [0, 0.1) is 0 Å². The number of carbonyl (C=O) groups is 2. The molecule has 6 heteroatoms. The van der Waals surface area contributed by atoms with Crippen molar-refractivity contribution in [3.05, 3.63) is 83.0 Å². The lowest BCUT2D eigenvalue weighted by Gasteiger charge is -2.32. The van der Waals surface area contributed by atoms with E-state index in [1.807, 2.05) is 42.5 Å². The number of morpholine rings is 1. The molecule has 2 aliphatic rings. The Morgan fingerprint density at radius 2 is 1.90 bits per heavy atom. The number of nitrogens with one attached hydrogen (secondary N) is 1. The summed E-state index contributed by atoms with van der Waals surface area (Å²) in [5, 5.41) is 2.92. The van der Waals surface area contributed by atoms with Crippen LogP contribution in [0.1, 0.15) is 38.8 Å². The SMILES string of the molecule is CC1CN(c2ccc(CNC(=O)c3ccc4c(c3)C(=O)c3ccccc3-4)cn2)CCO1. The standard InChI is InChI=1S/C25H23N3O3/c1-16-15-28(10-11-31-16)23-9-6-17(13-26-23)14-27-25(30)18-7-8-20-19-4-2-3-5-21(19)24(29)22(20)12-18/h2-9,12-13,16H,10-11,14-15H2,1H3,(H,27,30). The van der Waals surface area contributed by atoms with Gasteiger partial charge in [-0.25, -0.2) is 4.98 Å². The van der Waals surface area contributed by atoms with Crippen molar-refractivity contribution in [3.8, 4) is 11.1 Å². The van der Waals surface area contributed by atoms with Gasteiger partial charge >= 0.3 is 0 Å². The highest BCUT2D eigenvalue weighted by atomic mass is 16.5. The van der Waals surface area contributed by atoms with Crippen molar-refractivity contribution in [1.82, 2.24) is 10.3 Å². The summed E-state index contributed by atoms with van der Waals surface area (Å²) >= 11 is 0. The average Bonchev–Trinajstić information content (AvgIpc) is 3.09. The lowest BCUT2D eigenvalue weighted by atomic mass is 10.0. The maximum atomic E-state index is 12.7. The molecule has 1 unspecified atom stereocenters. The summed E-state index contributed by atoms with van der Waals surface area (Å²) in [5.41, 5.74) is 4.48. The van der Waals surface area contributed by atoms with E-state index in [2.05, 4.69) is 22.1 Å². The average molecular weight is 413 g/mol. The molecule has 0 radical (unpaired) electrons. The Labute approximate surface area is 180 Å². The number of pyridine rings is 1. The van der Waals surface area contributed by atoms with Gasteiger partial charge in [0.05, 0.1) is 12.7 Å². The minimum absolute atomic E-state index is 0.0301. The summed E-state index contributed by atoms with van der Waals surface area (Å²) in [7, 11) is 0. The number of hydrogen-bond donors (Lipinski definition) is 1. The topological polar surface area (TPSA) is 71.5 Å². The molecule has 5 rings (SSSR count). The molecule has 156 valence electrons. The van der Waals surface area contributed by atoms with Crippen LogP contribution in [0.3, 0.4) is 0 Å². The van der Waals surface area contributed by atoms with Gasteiger partial charge in [-0.1, -0.05) is 36.4 Å². The fourth-order valence-electron chi connectivity index (χ4n) is 4.19. The van der Waals surface area contributed by atoms with Crippen molar-refractivity contribution in [2.75, 3.05) is 24.6 Å². The monoisotopic (exact) mass is 413 g/mol. The van der Waals surface area contributed by atoms with Gasteiger partial charge < -0.3 is 15.0 Å². The molecule has 31 heavy (non-hydrogen) atoms. The quantitative estimate of drug-likeness (QED) is 0.555. The summed E-state index contributed by atoms with van der Waals surface area (Å²) in [6, 6.07) is 16.8. The van der Waals surface area contributed by atoms with Gasteiger partial charge in [0.25, 0.3) is 5.91 Å². The van der Waals surface area contributed by atoms with Crippen LogP contribution >= 0.6 is 0 Å². The number of anilines is 1. The zero-order chi connectivity index (χ0) is 21.4. The third-order valence-electron chi connectivity index (χ3n) is 5.82. The third-order valence-corrected chi connectivity index (χ3v) is 5.82. The fourth-order valence-corrected chi connectivity index (χ4v) is 4.19. The van der Waals surface area contributed by atoms with Crippen molar-refractivity contribution in [2.24, 2.45) is 0 Å². The second-order valence-electron chi connectivity index (χ2n) is 7.97. The predicted octanol–water partition coefficient (Wildman–Crippen LogP) is 3.45. The van der Waals surface area contributed by atoms with Gasteiger partial charge in [0.1, 0.15) is 5.82 Å². The second-order valence-corrected chi connectivity index (χ2v) is 7.97. The number of benzene rings is 2. The maximum Gasteiger partial charge on any atom is 0.251 e. The van der Waals surface area contributed by atoms with Crippen LogP contribution in [-0.2, 0) is 11.3 Å². The summed E-state index contributed by atoms with van der Waals surface area (Å²) in [6.45, 7) is 4.78. The van der Waals surface area contributed by atoms with Gasteiger partial charge in [-0.05, 0) is 41.8 Å². The van der Waals surface area contributed by atoms with E-state index in [1.54, 1.807) is 18.3 Å². The minimum Gasteiger partial charge on any atom is -0.375 e. The van der Waals surface area contributed by atoms with Crippen molar-refractivity contribution in [1.29, 1.82) is 0 Å². The number of ketones is 1. The van der Waals surface area contributed by atoms with Gasteiger partial charge in [-0.15, -0.1) is 0 Å². The van der Waals surface area contributed by atoms with Crippen LogP contribution in [0.2, 0.25) is 0 Å². The molecule has 1 amide bonds. The lowest BCUT2D eigenvalue weighted by Crippen LogP contribution is -2.41. The molecule has 1 aromatic heterocycles. The Balaban J connectivity index is 1.25. The molecule has 1 N–H and O–H groups in total. The Hall–Kier alpha value is -3.51. The van der Waals surface area contributed by atoms with E-state index in [0.717, 1.165) is 35.6 Å². The van der Waals surface area contributed by atoms with Gasteiger partial charge in [-0.2, -0.15) is 0 Å². The van der Waals surface area contributed by atoms with Crippen LogP contribution in [0.15, 0.2) is 60.8 Å². The number of carbonyl (C=O) groups excluding carboxylic acids is 2. The highest BCUT2D eigenvalue weighted by molar-refractivity contribution is 6.22. The first-order chi connectivity index (χ1) is 15.1. The van der Waals surface area contributed by atoms with Crippen LogP contribution in [0.5, 0.6) is 0 Å². The summed E-state index contributed by atoms with van der Waals surface area (Å²) in [4.78, 5) is 32.1. The van der Waals surface area contributed by atoms with Gasteiger partial charge in [-0.3, -0.25) is 9.59 Å². The zero-order valence-corrected chi connectivity index (χ0v) is 17.3. The lowest BCUT2D eigenvalue weighted by molar-refractivity contribution is 0.0529. The third kappa shape index (κ3) is 3.70. The summed E-state index contributed by atoms with van der Waals surface area (Å²) in [5.74, 6) is 0.678. The number of amides is 1. The zero-order valence-electron chi connectivity index (χ0n) is 17.3. The van der Waals surface area contributed by atoms with Crippen LogP contribution in [0.4, 0.5) is 5.82 Å². The van der Waals surface area contributed by atoms with Crippen molar-refractivity contribution in [2.45, 2.75) is 19.6 Å². The number of hydrogen-bond acceptors (Lipinski definition) is 5. The Morgan fingerprint density at radius 1 is 1.10 bits per heavy atom. The normalized spacial score (nSPS) is 17.3. The molecule has 2 aromatic carbocycles. The van der Waals surface area contributed by atoms with Crippen molar-refractivity contribution in [3.63, 3.8) is 0 Å². The van der Waals surface area contributed by atoms with Crippen molar-refractivity contribution >= 4 is 17.5 Å². The molecule has 6 nitrogen and oxygen atoms in total. The first kappa shape index (κ1) is 19.5. The maximum absolute atomic E-state index is 12.7. The minimum atomic E-state index is -0.211. The molecule has 1 aliphatic heterocycles. The van der Waals surface area contributed by atoms with E-state index >= 15 is 0 Å². The Bertz CT molecular complexity index is 1160. The van der Waals surface area contributed by atoms with E-state index in [4.69, 9.17) is 4.74 Å². The smallest absolute Gasteiger partial charge is 0.251 e. The molecule has 1 fully saturated rings. The van der Waals surface area contributed by atoms with Gasteiger partial charge in [0.2, 0.25) is 0 Å². The predicted molar refractivity (Wildman–Crippen MR) is 118 cm³/mol. The number of rotatable bonds is 4. The molecule has 0 spiro atoms. The first-order valence-corrected chi connectivity index (χ1v) is 10.5. The largest absolute Gasteiger partial charge is 0.375 e. The van der Waals surface area contributed by atoms with Gasteiger partial charge in [0.15, 0.2) is 5.78 Å². The van der Waals surface area contributed by atoms with Crippen LogP contribution in [-0.4, -0.2) is 42.5 Å². The van der Waals surface area contributed by atoms with Gasteiger partial charge in [0, 0.05) is 42.5 Å². The second kappa shape index (κ2) is 7.96. The van der Waals surface area contributed by atoms with E-state index < -0.39 is 0 Å². The molecule has 1 saturated heterocycles. The molecule has 0 saturated carbocycles. The molecule has 2 heterocycles. The molecule has 0 bridgehead atoms. The van der Waals surface area contributed by atoms with Crippen LogP contribution < -0.4 is 10.2 Å². The van der Waals surface area contributed by atoms with E-state index in [9.17, 15) is 9.59 Å². The highest BCUT2D eigenvalue weighted by Crippen LogP contribution is 2.36. The highest BCUT2D eigenvalue weighted by Gasteiger charge is 2.27. The number of nitrogens with zero attached hydrogens (tertiary/aromatic N) is 2. The van der Waals surface area contributed by atoms with Crippen LogP contribution in [0.25, 0.3) is 11.1 Å². The molecule has 3 aromatic rings. The molecular formula is C25H23N3O3. The van der Waals surface area contributed by atoms with E-state index in [1.165, 1.54) is 0 Å². The Kier molecular flexibility index (Phi) is 5.00. The van der Waals surface area contributed by atoms with E-state index in [-0.39, 0.29) is 17.8 Å². The summed E-state index contributed by atoms with van der Waals surface area (Å²) < 4.78 is 5.57. The molecular weight excluding hydrogens is 390 g/mol. The molecule has 1 atom stereocenters.